The Kier molecular flexibility index (Phi) is 9.63. The molecule has 0 radical (unpaired) electrons. The average molecular weight is 582 g/mol. The van der Waals surface area contributed by atoms with Gasteiger partial charge in [0.15, 0.2) is 17.4 Å². The van der Waals surface area contributed by atoms with Crippen molar-refractivity contribution in [3.8, 4) is 11.5 Å². The van der Waals surface area contributed by atoms with Crippen molar-refractivity contribution in [1.82, 2.24) is 0 Å². The molecule has 2 N–H and O–H groups in total. The van der Waals surface area contributed by atoms with E-state index in [1.165, 1.54) is 55.5 Å². The molecule has 9 nitrogen and oxygen atoms in total. The van der Waals surface area contributed by atoms with Crippen LogP contribution in [0.15, 0.2) is 71.1 Å². The summed E-state index contributed by atoms with van der Waals surface area (Å²) in [4.78, 5) is 10.8. The molecule has 0 heterocycles. The van der Waals surface area contributed by atoms with Gasteiger partial charge in [-0.3, -0.25) is 9.29 Å². The highest BCUT2D eigenvalue weighted by atomic mass is 32.2. The second-order valence-electron chi connectivity index (χ2n) is 8.01. The lowest BCUT2D eigenvalue weighted by atomic mass is 10.1. The number of carboxylic acids is 1. The molecule has 0 aliphatic carbocycles. The zero-order valence-corrected chi connectivity index (χ0v) is 22.9. The number of aliphatic carboxylic acids is 1. The molecule has 3 rings (SSSR count). The Bertz CT molecular complexity index is 1490. The molecule has 0 amide bonds. The van der Waals surface area contributed by atoms with Crippen LogP contribution in [-0.4, -0.2) is 32.7 Å². The SMILES string of the molecule is CCOP(=O)(OCC)c1ccc(NS(=O)(=O)c2ccc(Oc3c(F)cc(C=C(C)C(=O)O)cc3F)cc2)cc1. The van der Waals surface area contributed by atoms with Crippen molar-refractivity contribution in [3.05, 3.63) is 83.4 Å². The van der Waals surface area contributed by atoms with E-state index < -0.39 is 41.0 Å². The fourth-order valence-corrected chi connectivity index (χ4v) is 5.95. The van der Waals surface area contributed by atoms with Crippen molar-refractivity contribution >= 4 is 40.7 Å². The molecule has 0 spiro atoms. The third-order valence-corrected chi connectivity index (χ3v) is 8.65. The van der Waals surface area contributed by atoms with Gasteiger partial charge in [-0.25, -0.2) is 22.0 Å². The molecular weight excluding hydrogens is 555 g/mol. The molecule has 3 aromatic rings. The van der Waals surface area contributed by atoms with Gasteiger partial charge in [-0.1, -0.05) is 0 Å². The topological polar surface area (TPSA) is 128 Å². The normalized spacial score (nSPS) is 12.3. The number of rotatable bonds is 12. The number of hydrogen-bond donors (Lipinski definition) is 2. The van der Waals surface area contributed by atoms with Crippen LogP contribution in [0.2, 0.25) is 0 Å². The van der Waals surface area contributed by atoms with Crippen LogP contribution in [0.4, 0.5) is 14.5 Å². The molecule has 208 valence electrons. The van der Waals surface area contributed by atoms with Gasteiger partial charge in [-0.2, -0.15) is 0 Å². The minimum absolute atomic E-state index is 0.00334. The van der Waals surface area contributed by atoms with Crippen LogP contribution < -0.4 is 14.8 Å². The van der Waals surface area contributed by atoms with E-state index >= 15 is 0 Å². The lowest BCUT2D eigenvalue weighted by Crippen LogP contribution is -2.14. The highest BCUT2D eigenvalue weighted by Gasteiger charge is 2.26. The molecule has 0 aromatic heterocycles. The predicted octanol–water partition coefficient (Wildman–Crippen LogP) is 5.94. The van der Waals surface area contributed by atoms with E-state index in [0.717, 1.165) is 18.2 Å². The van der Waals surface area contributed by atoms with Crippen LogP contribution in [0.25, 0.3) is 6.08 Å². The van der Waals surface area contributed by atoms with Crippen LogP contribution in [0.1, 0.15) is 26.3 Å². The van der Waals surface area contributed by atoms with E-state index in [1.807, 2.05) is 0 Å². The molecule has 39 heavy (non-hydrogen) atoms. The molecule has 0 saturated heterocycles. The second-order valence-corrected chi connectivity index (χ2v) is 11.7. The molecule has 3 aromatic carbocycles. The number of carbonyl (C=O) groups is 1. The minimum Gasteiger partial charge on any atom is -0.478 e. The molecule has 13 heteroatoms. The number of anilines is 1. The van der Waals surface area contributed by atoms with Gasteiger partial charge in [-0.05, 0) is 93.1 Å². The fraction of sp³-hybridized carbons (Fsp3) is 0.192. The smallest absolute Gasteiger partial charge is 0.361 e. The van der Waals surface area contributed by atoms with Crippen LogP contribution in [0.5, 0.6) is 11.5 Å². The number of sulfonamides is 1. The van der Waals surface area contributed by atoms with E-state index in [-0.39, 0.29) is 46.0 Å². The first kappa shape index (κ1) is 30.0. The van der Waals surface area contributed by atoms with Gasteiger partial charge in [0.05, 0.1) is 23.4 Å². The van der Waals surface area contributed by atoms with E-state index in [4.69, 9.17) is 18.9 Å². The van der Waals surface area contributed by atoms with Gasteiger partial charge < -0.3 is 18.9 Å². The van der Waals surface area contributed by atoms with Crippen molar-refractivity contribution in [2.45, 2.75) is 25.7 Å². The van der Waals surface area contributed by atoms with Gasteiger partial charge in [-0.15, -0.1) is 0 Å². The number of halogens is 2. The number of ether oxygens (including phenoxy) is 1. The maximum absolute atomic E-state index is 14.5. The maximum Gasteiger partial charge on any atom is 0.361 e. The summed E-state index contributed by atoms with van der Waals surface area (Å²) in [6, 6.07) is 12.4. The summed E-state index contributed by atoms with van der Waals surface area (Å²) in [5.41, 5.74) is 0.0753. The van der Waals surface area contributed by atoms with E-state index in [2.05, 4.69) is 4.72 Å². The van der Waals surface area contributed by atoms with Crippen LogP contribution in [-0.2, 0) is 28.4 Å². The summed E-state index contributed by atoms with van der Waals surface area (Å²) < 4.78 is 85.6. The average Bonchev–Trinajstić information content (AvgIpc) is 2.87. The Morgan fingerprint density at radius 2 is 1.51 bits per heavy atom. The third kappa shape index (κ3) is 7.51. The summed E-state index contributed by atoms with van der Waals surface area (Å²) in [5, 5.41) is 9.20. The first-order valence-corrected chi connectivity index (χ1v) is 14.6. The van der Waals surface area contributed by atoms with Gasteiger partial charge in [0.25, 0.3) is 10.0 Å². The largest absolute Gasteiger partial charge is 0.478 e. The Morgan fingerprint density at radius 1 is 0.974 bits per heavy atom. The maximum atomic E-state index is 14.5. The lowest BCUT2D eigenvalue weighted by Gasteiger charge is -2.17. The Balaban J connectivity index is 1.75. The number of nitrogens with one attached hydrogen (secondary N) is 1. The summed E-state index contributed by atoms with van der Waals surface area (Å²) in [6.07, 6.45) is 1.11. The van der Waals surface area contributed by atoms with Crippen molar-refractivity contribution < 1.29 is 45.4 Å². The van der Waals surface area contributed by atoms with Gasteiger partial charge in [0.1, 0.15) is 5.75 Å². The first-order valence-electron chi connectivity index (χ1n) is 11.6. The quantitative estimate of drug-likeness (QED) is 0.199. The first-order chi connectivity index (χ1) is 18.4. The van der Waals surface area contributed by atoms with Crippen LogP contribution in [0, 0.1) is 11.6 Å². The van der Waals surface area contributed by atoms with E-state index in [9.17, 15) is 26.6 Å². The van der Waals surface area contributed by atoms with Crippen LogP contribution >= 0.6 is 7.60 Å². The Morgan fingerprint density at radius 3 is 2.00 bits per heavy atom. The Hall–Kier alpha value is -3.57. The third-order valence-electron chi connectivity index (χ3n) is 5.13. The summed E-state index contributed by atoms with van der Waals surface area (Å²) in [5.74, 6) is -4.14. The number of benzene rings is 3. The van der Waals surface area contributed by atoms with Crippen LogP contribution in [0.3, 0.4) is 0 Å². The molecular formula is C26H26F2NO8PS. The van der Waals surface area contributed by atoms with Crippen molar-refractivity contribution in [3.63, 3.8) is 0 Å². The molecule has 0 unspecified atom stereocenters. The number of hydrogen-bond acceptors (Lipinski definition) is 7. The predicted molar refractivity (Wildman–Crippen MR) is 142 cm³/mol. The van der Waals surface area contributed by atoms with E-state index in [1.54, 1.807) is 13.8 Å². The fourth-order valence-electron chi connectivity index (χ4n) is 3.33. The Labute approximate surface area is 224 Å². The highest BCUT2D eigenvalue weighted by Crippen LogP contribution is 2.46. The van der Waals surface area contributed by atoms with Gasteiger partial charge in [0.2, 0.25) is 0 Å². The number of carboxylic acid groups (broad SMARTS) is 1. The molecule has 0 bridgehead atoms. The minimum atomic E-state index is -4.05. The lowest BCUT2D eigenvalue weighted by molar-refractivity contribution is -0.132. The zero-order valence-electron chi connectivity index (χ0n) is 21.2. The highest BCUT2D eigenvalue weighted by molar-refractivity contribution is 7.92. The molecule has 0 atom stereocenters. The van der Waals surface area contributed by atoms with E-state index in [0.29, 0.717) is 0 Å². The van der Waals surface area contributed by atoms with Crippen molar-refractivity contribution in [1.29, 1.82) is 0 Å². The van der Waals surface area contributed by atoms with Gasteiger partial charge >= 0.3 is 13.6 Å². The molecule has 0 aliphatic heterocycles. The van der Waals surface area contributed by atoms with Crippen molar-refractivity contribution in [2.24, 2.45) is 0 Å². The standard InChI is InChI=1S/C26H26F2NO8PS/c1-4-35-38(32,36-5-2)21-10-6-19(7-11-21)29-39(33,34)22-12-8-20(9-13-22)37-25-23(27)15-18(16-24(25)28)14-17(3)26(30)31/h6-16,29H,4-5H2,1-3H3,(H,30,31). The molecule has 0 saturated carbocycles. The molecule has 0 aliphatic rings. The monoisotopic (exact) mass is 581 g/mol. The van der Waals surface area contributed by atoms with Crippen molar-refractivity contribution in [2.75, 3.05) is 17.9 Å². The zero-order chi connectivity index (χ0) is 28.8. The second kappa shape index (κ2) is 12.5. The van der Waals surface area contributed by atoms with Gasteiger partial charge in [0, 0.05) is 11.3 Å². The molecule has 0 fully saturated rings. The summed E-state index contributed by atoms with van der Waals surface area (Å²) in [7, 11) is -7.58. The summed E-state index contributed by atoms with van der Waals surface area (Å²) >= 11 is 0. The summed E-state index contributed by atoms with van der Waals surface area (Å²) in [6.45, 7) is 4.97.